The quantitative estimate of drug-likeness (QED) is 0.777. The summed E-state index contributed by atoms with van der Waals surface area (Å²) in [5.41, 5.74) is 2.66. The molecule has 0 spiro atoms. The average molecular weight is 190 g/mol. The van der Waals surface area contributed by atoms with Crippen LogP contribution in [0, 0.1) is 12.8 Å². The first-order valence-corrected chi connectivity index (χ1v) is 5.49. The van der Waals surface area contributed by atoms with Gasteiger partial charge in [0.1, 0.15) is 0 Å². The summed E-state index contributed by atoms with van der Waals surface area (Å²) in [6.07, 6.45) is 3.92. The fourth-order valence-corrected chi connectivity index (χ4v) is 2.35. The molecule has 1 aromatic carbocycles. The molecule has 1 nitrogen and oxygen atoms in total. The van der Waals surface area contributed by atoms with Gasteiger partial charge in [-0.15, -0.1) is 0 Å². The van der Waals surface area contributed by atoms with E-state index >= 15 is 0 Å². The van der Waals surface area contributed by atoms with Crippen LogP contribution < -0.4 is 0 Å². The fourth-order valence-electron chi connectivity index (χ4n) is 2.35. The largest absolute Gasteiger partial charge is 0.396 e. The second-order valence-corrected chi connectivity index (χ2v) is 4.34. The molecule has 76 valence electrons. The molecule has 0 aromatic heterocycles. The molecule has 0 heterocycles. The lowest BCUT2D eigenvalue weighted by atomic mass is 9.72. The molecule has 1 aliphatic carbocycles. The van der Waals surface area contributed by atoms with Crippen molar-refractivity contribution in [2.24, 2.45) is 5.92 Å². The number of benzene rings is 1. The van der Waals surface area contributed by atoms with Gasteiger partial charge in [-0.1, -0.05) is 30.7 Å². The Morgan fingerprint density at radius 1 is 1.36 bits per heavy atom. The van der Waals surface area contributed by atoms with Crippen molar-refractivity contribution in [3.8, 4) is 0 Å². The molecule has 1 aliphatic rings. The van der Waals surface area contributed by atoms with E-state index < -0.39 is 0 Å². The summed E-state index contributed by atoms with van der Waals surface area (Å²) in [7, 11) is 0. The van der Waals surface area contributed by atoms with Crippen molar-refractivity contribution in [2.75, 3.05) is 6.61 Å². The third-order valence-electron chi connectivity index (χ3n) is 3.50. The second-order valence-electron chi connectivity index (χ2n) is 4.34. The molecule has 1 heteroatoms. The number of aliphatic hydroxyl groups excluding tert-OH is 1. The van der Waals surface area contributed by atoms with Crippen LogP contribution in [0.25, 0.3) is 0 Å². The van der Waals surface area contributed by atoms with Gasteiger partial charge in [-0.05, 0) is 36.8 Å². The standard InChI is InChI=1S/C13H18O/c1-10-5-2-3-8-12(10)13(9-14)11-6-4-7-11/h2-3,5,8,11,13-14H,4,6-7,9H2,1H3. The molecule has 0 saturated heterocycles. The summed E-state index contributed by atoms with van der Waals surface area (Å²) in [5.74, 6) is 1.10. The van der Waals surface area contributed by atoms with E-state index in [1.807, 2.05) is 0 Å². The van der Waals surface area contributed by atoms with E-state index in [9.17, 15) is 5.11 Å². The third-order valence-corrected chi connectivity index (χ3v) is 3.50. The molecule has 2 rings (SSSR count). The zero-order valence-electron chi connectivity index (χ0n) is 8.74. The average Bonchev–Trinajstić information content (AvgIpc) is 2.12. The van der Waals surface area contributed by atoms with E-state index in [1.165, 1.54) is 30.4 Å². The van der Waals surface area contributed by atoms with Crippen LogP contribution in [-0.4, -0.2) is 11.7 Å². The highest BCUT2D eigenvalue weighted by molar-refractivity contribution is 5.30. The number of hydrogen-bond donors (Lipinski definition) is 1. The Morgan fingerprint density at radius 2 is 2.07 bits per heavy atom. The van der Waals surface area contributed by atoms with E-state index in [4.69, 9.17) is 0 Å². The van der Waals surface area contributed by atoms with Gasteiger partial charge in [0.05, 0.1) is 6.61 Å². The van der Waals surface area contributed by atoms with Crippen molar-refractivity contribution in [3.63, 3.8) is 0 Å². The van der Waals surface area contributed by atoms with Gasteiger partial charge in [0, 0.05) is 5.92 Å². The van der Waals surface area contributed by atoms with Gasteiger partial charge < -0.3 is 5.11 Å². The minimum atomic E-state index is 0.301. The molecule has 1 saturated carbocycles. The van der Waals surface area contributed by atoms with Crippen LogP contribution in [0.3, 0.4) is 0 Å². The van der Waals surface area contributed by atoms with E-state index in [-0.39, 0.29) is 0 Å². The molecule has 14 heavy (non-hydrogen) atoms. The smallest absolute Gasteiger partial charge is 0.0502 e. The van der Waals surface area contributed by atoms with Crippen LogP contribution in [0.15, 0.2) is 24.3 Å². The summed E-state index contributed by atoms with van der Waals surface area (Å²) in [5, 5.41) is 9.44. The van der Waals surface area contributed by atoms with Crippen molar-refractivity contribution in [2.45, 2.75) is 32.1 Å². The Morgan fingerprint density at radius 3 is 2.57 bits per heavy atom. The van der Waals surface area contributed by atoms with E-state index in [0.717, 1.165) is 5.92 Å². The van der Waals surface area contributed by atoms with Crippen LogP contribution in [0.2, 0.25) is 0 Å². The first-order valence-electron chi connectivity index (χ1n) is 5.49. The molecule has 1 unspecified atom stereocenters. The lowest BCUT2D eigenvalue weighted by molar-refractivity contribution is 0.173. The van der Waals surface area contributed by atoms with Gasteiger partial charge in [0.15, 0.2) is 0 Å². The van der Waals surface area contributed by atoms with Crippen molar-refractivity contribution < 1.29 is 5.11 Å². The molecular formula is C13H18O. The van der Waals surface area contributed by atoms with Gasteiger partial charge in [0.25, 0.3) is 0 Å². The topological polar surface area (TPSA) is 20.2 Å². The molecular weight excluding hydrogens is 172 g/mol. The van der Waals surface area contributed by atoms with E-state index in [0.29, 0.717) is 12.5 Å². The summed E-state index contributed by atoms with van der Waals surface area (Å²) >= 11 is 0. The van der Waals surface area contributed by atoms with Crippen molar-refractivity contribution >= 4 is 0 Å². The fraction of sp³-hybridized carbons (Fsp3) is 0.538. The molecule has 0 amide bonds. The lowest BCUT2D eigenvalue weighted by Crippen LogP contribution is -2.23. The molecule has 0 radical (unpaired) electrons. The van der Waals surface area contributed by atoms with E-state index in [1.54, 1.807) is 0 Å². The van der Waals surface area contributed by atoms with Crippen LogP contribution in [0.1, 0.15) is 36.3 Å². The third kappa shape index (κ3) is 1.69. The summed E-state index contributed by atoms with van der Waals surface area (Å²) < 4.78 is 0. The molecule has 0 bridgehead atoms. The van der Waals surface area contributed by atoms with Crippen molar-refractivity contribution in [1.82, 2.24) is 0 Å². The zero-order chi connectivity index (χ0) is 9.97. The van der Waals surface area contributed by atoms with Crippen LogP contribution in [0.4, 0.5) is 0 Å². The summed E-state index contributed by atoms with van der Waals surface area (Å²) in [6, 6.07) is 8.43. The maximum absolute atomic E-state index is 9.44. The highest BCUT2D eigenvalue weighted by Crippen LogP contribution is 2.39. The zero-order valence-corrected chi connectivity index (χ0v) is 8.74. The summed E-state index contributed by atoms with van der Waals surface area (Å²) in [4.78, 5) is 0. The second kappa shape index (κ2) is 4.14. The SMILES string of the molecule is Cc1ccccc1C(CO)C1CCC1. The molecule has 1 N–H and O–H groups in total. The number of rotatable bonds is 3. The number of aryl methyl sites for hydroxylation is 1. The van der Waals surface area contributed by atoms with Gasteiger partial charge in [-0.25, -0.2) is 0 Å². The van der Waals surface area contributed by atoms with Gasteiger partial charge in [0.2, 0.25) is 0 Å². The van der Waals surface area contributed by atoms with Gasteiger partial charge in [-0.2, -0.15) is 0 Å². The van der Waals surface area contributed by atoms with Crippen LogP contribution >= 0.6 is 0 Å². The van der Waals surface area contributed by atoms with Crippen molar-refractivity contribution in [3.05, 3.63) is 35.4 Å². The molecule has 1 fully saturated rings. The van der Waals surface area contributed by atoms with Gasteiger partial charge in [-0.3, -0.25) is 0 Å². The molecule has 1 atom stereocenters. The normalized spacial score (nSPS) is 19.0. The highest BCUT2D eigenvalue weighted by Gasteiger charge is 2.28. The monoisotopic (exact) mass is 190 g/mol. The Balaban J connectivity index is 2.22. The Kier molecular flexibility index (Phi) is 2.87. The predicted molar refractivity (Wildman–Crippen MR) is 58.3 cm³/mol. The molecule has 1 aromatic rings. The Hall–Kier alpha value is -0.820. The first-order chi connectivity index (χ1) is 6.83. The number of hydrogen-bond acceptors (Lipinski definition) is 1. The Labute approximate surface area is 85.8 Å². The van der Waals surface area contributed by atoms with Crippen LogP contribution in [0.5, 0.6) is 0 Å². The maximum Gasteiger partial charge on any atom is 0.0502 e. The van der Waals surface area contributed by atoms with Crippen molar-refractivity contribution in [1.29, 1.82) is 0 Å². The molecule has 0 aliphatic heterocycles. The first kappa shape index (κ1) is 9.72. The minimum absolute atomic E-state index is 0.301. The minimum Gasteiger partial charge on any atom is -0.396 e. The summed E-state index contributed by atoms with van der Waals surface area (Å²) in [6.45, 7) is 2.44. The van der Waals surface area contributed by atoms with E-state index in [2.05, 4.69) is 31.2 Å². The predicted octanol–water partition coefficient (Wildman–Crippen LogP) is 2.87. The lowest BCUT2D eigenvalue weighted by Gasteiger charge is -2.33. The highest BCUT2D eigenvalue weighted by atomic mass is 16.3. The maximum atomic E-state index is 9.44. The number of aliphatic hydroxyl groups is 1. The Bertz CT molecular complexity index is 302. The van der Waals surface area contributed by atoms with Gasteiger partial charge >= 0.3 is 0 Å². The van der Waals surface area contributed by atoms with Crippen LogP contribution in [-0.2, 0) is 0 Å².